The van der Waals surface area contributed by atoms with Crippen molar-refractivity contribution in [1.82, 2.24) is 0 Å². The summed E-state index contributed by atoms with van der Waals surface area (Å²) in [5.74, 6) is 0.405. The van der Waals surface area contributed by atoms with Gasteiger partial charge in [-0.05, 0) is 55.8 Å². The highest BCUT2D eigenvalue weighted by Crippen LogP contribution is 2.23. The van der Waals surface area contributed by atoms with Crippen LogP contribution in [0.4, 0.5) is 0 Å². The van der Waals surface area contributed by atoms with E-state index in [0.717, 1.165) is 0 Å². The van der Waals surface area contributed by atoms with Crippen LogP contribution < -0.4 is 4.65 Å². The number of rotatable bonds is 3. The molecular weight excluding hydrogens is 315 g/mol. The van der Waals surface area contributed by atoms with Crippen molar-refractivity contribution in [2.75, 3.05) is 0 Å². The first-order valence-electron chi connectivity index (χ1n) is 5.67. The maximum atomic E-state index is 9.10. The summed E-state index contributed by atoms with van der Waals surface area (Å²) in [7, 11) is -1.77. The van der Waals surface area contributed by atoms with E-state index in [1.165, 1.54) is 0 Å². The van der Waals surface area contributed by atoms with Crippen LogP contribution in [0.3, 0.4) is 0 Å². The van der Waals surface area contributed by atoms with Crippen LogP contribution >= 0.6 is 15.9 Å². The molecular formula is C12H20BBrO5. The molecule has 0 saturated heterocycles. The largest absolute Gasteiger partial charge is 0.707 e. The number of hydrogen-bond donors (Lipinski definition) is 4. The summed E-state index contributed by atoms with van der Waals surface area (Å²) in [5.41, 5.74) is -2.01. The van der Waals surface area contributed by atoms with E-state index in [1.54, 1.807) is 52.0 Å². The summed E-state index contributed by atoms with van der Waals surface area (Å²) >= 11 is 3.18. The highest BCUT2D eigenvalue weighted by Gasteiger charge is 2.31. The molecule has 0 aliphatic rings. The van der Waals surface area contributed by atoms with Crippen LogP contribution in [0.5, 0.6) is 5.75 Å². The van der Waals surface area contributed by atoms with Gasteiger partial charge in [-0.3, -0.25) is 0 Å². The fourth-order valence-electron chi connectivity index (χ4n) is 0.654. The third-order valence-corrected chi connectivity index (χ3v) is 3.22. The first-order valence-corrected chi connectivity index (χ1v) is 6.46. The Morgan fingerprint density at radius 3 is 1.74 bits per heavy atom. The number of hydrogen-bond acceptors (Lipinski definition) is 5. The molecule has 1 aromatic carbocycles. The van der Waals surface area contributed by atoms with Crippen LogP contribution in [0.2, 0.25) is 0 Å². The minimum atomic E-state index is -1.77. The topological polar surface area (TPSA) is 90.2 Å². The molecule has 4 N–H and O–H groups in total. The Morgan fingerprint density at radius 2 is 1.42 bits per heavy atom. The molecule has 0 aliphatic carbocycles. The molecule has 19 heavy (non-hydrogen) atoms. The van der Waals surface area contributed by atoms with E-state index < -0.39 is 18.5 Å². The minimum absolute atomic E-state index is 0.405. The van der Waals surface area contributed by atoms with Gasteiger partial charge in [-0.15, -0.1) is 0 Å². The van der Waals surface area contributed by atoms with Gasteiger partial charge in [0, 0.05) is 0 Å². The SMILES string of the molecule is CC(C)(O)C(C)(C)O.OB(O)Oc1ccccc1Br. The van der Waals surface area contributed by atoms with E-state index in [1.807, 2.05) is 0 Å². The summed E-state index contributed by atoms with van der Waals surface area (Å²) in [4.78, 5) is 0. The van der Waals surface area contributed by atoms with Gasteiger partial charge in [-0.2, -0.15) is 0 Å². The Morgan fingerprint density at radius 1 is 1.00 bits per heavy atom. The van der Waals surface area contributed by atoms with E-state index >= 15 is 0 Å². The lowest BCUT2D eigenvalue weighted by atomic mass is 9.90. The van der Waals surface area contributed by atoms with Gasteiger partial charge in [0.25, 0.3) is 0 Å². The summed E-state index contributed by atoms with van der Waals surface area (Å²) < 4.78 is 5.30. The van der Waals surface area contributed by atoms with E-state index in [4.69, 9.17) is 20.3 Å². The van der Waals surface area contributed by atoms with Crippen molar-refractivity contribution in [2.24, 2.45) is 0 Å². The molecule has 0 heterocycles. The van der Waals surface area contributed by atoms with Crippen molar-refractivity contribution >= 4 is 23.3 Å². The van der Waals surface area contributed by atoms with Gasteiger partial charge in [-0.1, -0.05) is 12.1 Å². The highest BCUT2D eigenvalue weighted by atomic mass is 79.9. The molecule has 0 aromatic heterocycles. The van der Waals surface area contributed by atoms with Crippen molar-refractivity contribution in [3.05, 3.63) is 28.7 Å². The van der Waals surface area contributed by atoms with Gasteiger partial charge in [0.1, 0.15) is 5.75 Å². The number of benzene rings is 1. The van der Waals surface area contributed by atoms with Crippen LogP contribution in [-0.4, -0.2) is 38.8 Å². The predicted molar refractivity (Wildman–Crippen MR) is 77.6 cm³/mol. The van der Waals surface area contributed by atoms with Gasteiger partial charge in [0.15, 0.2) is 0 Å². The first-order chi connectivity index (χ1) is 8.45. The Balaban J connectivity index is 0.000000362. The maximum Gasteiger partial charge on any atom is 0.707 e. The molecule has 0 aliphatic heterocycles. The number of aliphatic hydroxyl groups is 2. The minimum Gasteiger partial charge on any atom is -0.511 e. The molecule has 0 spiro atoms. The summed E-state index contributed by atoms with van der Waals surface area (Å²) in [6.45, 7) is 6.31. The Kier molecular flexibility index (Phi) is 7.03. The second-order valence-electron chi connectivity index (χ2n) is 4.99. The zero-order chi connectivity index (χ0) is 15.3. The molecule has 1 rings (SSSR count). The molecule has 0 radical (unpaired) electrons. The number of para-hydroxylation sites is 1. The summed E-state index contributed by atoms with van der Waals surface area (Å²) in [6, 6.07) is 6.92. The van der Waals surface area contributed by atoms with Gasteiger partial charge in [-0.25, -0.2) is 0 Å². The highest BCUT2D eigenvalue weighted by molar-refractivity contribution is 9.10. The molecule has 0 amide bonds. The zero-order valence-corrected chi connectivity index (χ0v) is 13.0. The lowest BCUT2D eigenvalue weighted by molar-refractivity contribution is -0.107. The summed E-state index contributed by atoms with van der Waals surface area (Å²) in [5, 5.41) is 35.1. The lowest BCUT2D eigenvalue weighted by Gasteiger charge is -2.31. The Bertz CT molecular complexity index is 372. The third-order valence-electron chi connectivity index (χ3n) is 2.57. The van der Waals surface area contributed by atoms with Crippen molar-refractivity contribution < 1.29 is 24.9 Å². The van der Waals surface area contributed by atoms with Crippen molar-refractivity contribution in [2.45, 2.75) is 38.9 Å². The Hall–Kier alpha value is -0.595. The molecule has 7 heteroatoms. The van der Waals surface area contributed by atoms with Gasteiger partial charge in [0.05, 0.1) is 15.7 Å². The standard InChI is InChI=1S/C6H6BBrO3.C6H14O2/c8-5-3-1-2-4-6(5)11-7(9)10;1-5(2,7)6(3,4)8/h1-4,9-10H;7-8H,1-4H3. The van der Waals surface area contributed by atoms with E-state index in [-0.39, 0.29) is 0 Å². The second-order valence-corrected chi connectivity index (χ2v) is 5.85. The second kappa shape index (κ2) is 7.26. The first kappa shape index (κ1) is 18.4. The number of halogens is 1. The third kappa shape index (κ3) is 7.54. The molecule has 0 saturated carbocycles. The van der Waals surface area contributed by atoms with E-state index in [2.05, 4.69) is 20.6 Å². The molecule has 5 nitrogen and oxygen atoms in total. The fourth-order valence-corrected chi connectivity index (χ4v) is 1.03. The normalized spacial score (nSPS) is 11.4. The van der Waals surface area contributed by atoms with Crippen LogP contribution in [0, 0.1) is 0 Å². The fraction of sp³-hybridized carbons (Fsp3) is 0.500. The monoisotopic (exact) mass is 334 g/mol. The maximum absolute atomic E-state index is 9.10. The van der Waals surface area contributed by atoms with Crippen molar-refractivity contribution in [1.29, 1.82) is 0 Å². The zero-order valence-electron chi connectivity index (χ0n) is 11.5. The van der Waals surface area contributed by atoms with Crippen LogP contribution in [0.15, 0.2) is 28.7 Å². The van der Waals surface area contributed by atoms with E-state index in [0.29, 0.717) is 10.2 Å². The predicted octanol–water partition coefficient (Wildman–Crippen LogP) is 1.33. The average molecular weight is 335 g/mol. The van der Waals surface area contributed by atoms with Crippen LogP contribution in [0.25, 0.3) is 0 Å². The molecule has 0 bridgehead atoms. The molecule has 0 fully saturated rings. The molecule has 1 aromatic rings. The van der Waals surface area contributed by atoms with Crippen molar-refractivity contribution in [3.8, 4) is 5.75 Å². The smallest absolute Gasteiger partial charge is 0.511 e. The Labute approximate surface area is 122 Å². The van der Waals surface area contributed by atoms with Gasteiger partial charge < -0.3 is 24.9 Å². The average Bonchev–Trinajstić information content (AvgIpc) is 2.18. The quantitative estimate of drug-likeness (QED) is 0.626. The molecule has 0 unspecified atom stereocenters. The van der Waals surface area contributed by atoms with E-state index in [9.17, 15) is 0 Å². The van der Waals surface area contributed by atoms with Gasteiger partial charge >= 0.3 is 7.32 Å². The van der Waals surface area contributed by atoms with Gasteiger partial charge in [0.2, 0.25) is 0 Å². The van der Waals surface area contributed by atoms with Crippen molar-refractivity contribution in [3.63, 3.8) is 0 Å². The lowest BCUT2D eigenvalue weighted by Crippen LogP contribution is -2.44. The van der Waals surface area contributed by atoms with Crippen LogP contribution in [0.1, 0.15) is 27.7 Å². The molecule has 0 atom stereocenters. The van der Waals surface area contributed by atoms with Crippen LogP contribution in [-0.2, 0) is 0 Å². The summed E-state index contributed by atoms with van der Waals surface area (Å²) in [6.07, 6.45) is 0. The molecule has 108 valence electrons.